The molecule has 0 atom stereocenters. The van der Waals surface area contributed by atoms with Crippen LogP contribution in [0.1, 0.15) is 28.2 Å². The van der Waals surface area contributed by atoms with Crippen LogP contribution < -0.4 is 10.6 Å². The molecule has 6 heteroatoms. The molecule has 3 rings (SSSR count). The number of hydrogen-bond donors (Lipinski definition) is 2. The average molecular weight is 359 g/mol. The van der Waals surface area contributed by atoms with Gasteiger partial charge in [0, 0.05) is 30.4 Å². The van der Waals surface area contributed by atoms with Gasteiger partial charge in [0.25, 0.3) is 5.91 Å². The fourth-order valence-corrected chi connectivity index (χ4v) is 2.26. The van der Waals surface area contributed by atoms with Gasteiger partial charge in [-0.3, -0.25) is 9.59 Å². The summed E-state index contributed by atoms with van der Waals surface area (Å²) in [6, 6.07) is 16.0. The van der Waals surface area contributed by atoms with E-state index in [0.717, 1.165) is 5.56 Å². The molecule has 27 heavy (non-hydrogen) atoms. The molecule has 3 aromatic rings. The van der Waals surface area contributed by atoms with E-state index in [1.807, 2.05) is 30.3 Å². The van der Waals surface area contributed by atoms with Crippen molar-refractivity contribution in [3.05, 3.63) is 84.1 Å². The molecule has 0 unspecified atom stereocenters. The molecule has 2 heterocycles. The molecular formula is C21H17N3O3. The number of nitrogens with zero attached hydrogens (tertiary/aromatic N) is 1. The number of carbonyl (C=O) groups is 2. The zero-order valence-electron chi connectivity index (χ0n) is 14.4. The predicted octanol–water partition coefficient (Wildman–Crippen LogP) is 2.83. The topological polar surface area (TPSA) is 84.2 Å². The van der Waals surface area contributed by atoms with Crippen molar-refractivity contribution in [2.45, 2.75) is 6.42 Å². The van der Waals surface area contributed by atoms with Crippen molar-refractivity contribution in [3.8, 4) is 11.8 Å². The van der Waals surface area contributed by atoms with Crippen LogP contribution in [0.4, 0.5) is 5.69 Å². The summed E-state index contributed by atoms with van der Waals surface area (Å²) in [5.41, 5.74) is 2.09. The quantitative estimate of drug-likeness (QED) is 0.686. The van der Waals surface area contributed by atoms with Gasteiger partial charge in [-0.15, -0.1) is 0 Å². The second-order valence-corrected chi connectivity index (χ2v) is 5.58. The number of nitrogens with one attached hydrogen (secondary N) is 2. The second kappa shape index (κ2) is 9.02. The minimum Gasteiger partial charge on any atom is -0.459 e. The van der Waals surface area contributed by atoms with Gasteiger partial charge < -0.3 is 15.1 Å². The summed E-state index contributed by atoms with van der Waals surface area (Å²) in [6.45, 7) is 0.213. The zero-order chi connectivity index (χ0) is 18.9. The lowest BCUT2D eigenvalue weighted by Gasteiger charge is -2.06. The van der Waals surface area contributed by atoms with Gasteiger partial charge in [0.05, 0.1) is 6.26 Å². The molecular weight excluding hydrogens is 342 g/mol. The standard InChI is InChI=1S/C21H17N3O3/c25-20(11-13-23-21(26)19-8-4-14-27-19)24-18-7-3-5-16(15-18)9-10-17-6-1-2-12-22-17/h1-8,12,14-15H,11,13H2,(H,23,26)(H,24,25). The van der Waals surface area contributed by atoms with Crippen LogP contribution in [0.5, 0.6) is 0 Å². The first-order valence-corrected chi connectivity index (χ1v) is 8.35. The smallest absolute Gasteiger partial charge is 0.286 e. The average Bonchev–Trinajstić information content (AvgIpc) is 3.22. The highest BCUT2D eigenvalue weighted by Crippen LogP contribution is 2.10. The molecule has 0 spiro atoms. The minimum atomic E-state index is -0.348. The van der Waals surface area contributed by atoms with E-state index in [2.05, 4.69) is 27.5 Å². The Labute approximate surface area is 156 Å². The van der Waals surface area contributed by atoms with Crippen LogP contribution in [0.15, 0.2) is 71.5 Å². The van der Waals surface area contributed by atoms with E-state index in [0.29, 0.717) is 11.4 Å². The Bertz CT molecular complexity index is 971. The molecule has 0 aliphatic heterocycles. The van der Waals surface area contributed by atoms with Gasteiger partial charge in [-0.2, -0.15) is 0 Å². The molecule has 0 radical (unpaired) electrons. The Balaban J connectivity index is 1.51. The van der Waals surface area contributed by atoms with E-state index in [1.54, 1.807) is 30.5 Å². The molecule has 0 saturated carbocycles. The molecule has 0 aliphatic carbocycles. The summed E-state index contributed by atoms with van der Waals surface area (Å²) in [6.07, 6.45) is 3.26. The van der Waals surface area contributed by atoms with Crippen molar-refractivity contribution in [1.29, 1.82) is 0 Å². The van der Waals surface area contributed by atoms with Crippen molar-refractivity contribution < 1.29 is 14.0 Å². The van der Waals surface area contributed by atoms with E-state index < -0.39 is 0 Å². The summed E-state index contributed by atoms with van der Waals surface area (Å²) in [4.78, 5) is 27.9. The van der Waals surface area contributed by atoms with Crippen molar-refractivity contribution in [1.82, 2.24) is 10.3 Å². The van der Waals surface area contributed by atoms with Crippen molar-refractivity contribution >= 4 is 17.5 Å². The van der Waals surface area contributed by atoms with Crippen LogP contribution in [-0.4, -0.2) is 23.3 Å². The maximum absolute atomic E-state index is 12.0. The largest absolute Gasteiger partial charge is 0.459 e. The van der Waals surface area contributed by atoms with Crippen molar-refractivity contribution in [2.75, 3.05) is 11.9 Å². The first-order chi connectivity index (χ1) is 13.2. The Kier molecular flexibility index (Phi) is 6.00. The lowest BCUT2D eigenvalue weighted by atomic mass is 10.2. The van der Waals surface area contributed by atoms with Gasteiger partial charge in [0.2, 0.25) is 5.91 Å². The molecule has 0 aliphatic rings. The van der Waals surface area contributed by atoms with Crippen molar-refractivity contribution in [2.24, 2.45) is 0 Å². The lowest BCUT2D eigenvalue weighted by molar-refractivity contribution is -0.116. The highest BCUT2D eigenvalue weighted by Gasteiger charge is 2.09. The number of amides is 2. The van der Waals surface area contributed by atoms with Gasteiger partial charge in [0.15, 0.2) is 5.76 Å². The van der Waals surface area contributed by atoms with E-state index >= 15 is 0 Å². The molecule has 0 bridgehead atoms. The first-order valence-electron chi connectivity index (χ1n) is 8.35. The number of rotatable bonds is 5. The monoisotopic (exact) mass is 359 g/mol. The fourth-order valence-electron chi connectivity index (χ4n) is 2.26. The normalized spacial score (nSPS) is 9.78. The highest BCUT2D eigenvalue weighted by atomic mass is 16.3. The van der Waals surface area contributed by atoms with Gasteiger partial charge in [-0.25, -0.2) is 4.98 Å². The minimum absolute atomic E-state index is 0.149. The number of aromatic nitrogens is 1. The molecule has 0 fully saturated rings. The summed E-state index contributed by atoms with van der Waals surface area (Å²) >= 11 is 0. The molecule has 1 aromatic carbocycles. The molecule has 0 saturated heterocycles. The molecule has 2 amide bonds. The Morgan fingerprint density at radius 2 is 1.96 bits per heavy atom. The molecule has 2 aromatic heterocycles. The van der Waals surface area contributed by atoms with Gasteiger partial charge in [0.1, 0.15) is 5.69 Å². The number of carbonyl (C=O) groups excluding carboxylic acids is 2. The van der Waals surface area contributed by atoms with E-state index in [9.17, 15) is 9.59 Å². The van der Waals surface area contributed by atoms with Crippen molar-refractivity contribution in [3.63, 3.8) is 0 Å². The zero-order valence-corrected chi connectivity index (χ0v) is 14.4. The maximum Gasteiger partial charge on any atom is 0.286 e. The third kappa shape index (κ3) is 5.58. The first kappa shape index (κ1) is 18.0. The van der Waals surface area contributed by atoms with Crippen LogP contribution in [0.2, 0.25) is 0 Å². The highest BCUT2D eigenvalue weighted by molar-refractivity contribution is 5.93. The Morgan fingerprint density at radius 1 is 1.04 bits per heavy atom. The van der Waals surface area contributed by atoms with Crippen LogP contribution in [-0.2, 0) is 4.79 Å². The Morgan fingerprint density at radius 3 is 2.74 bits per heavy atom. The number of hydrogen-bond acceptors (Lipinski definition) is 4. The lowest BCUT2D eigenvalue weighted by Crippen LogP contribution is -2.27. The molecule has 6 nitrogen and oxygen atoms in total. The van der Waals surface area contributed by atoms with Crippen LogP contribution in [0.25, 0.3) is 0 Å². The SMILES string of the molecule is O=C(CCNC(=O)c1ccco1)Nc1cccc(C#Cc2ccccn2)c1. The van der Waals surface area contributed by atoms with E-state index in [1.165, 1.54) is 6.26 Å². The molecule has 2 N–H and O–H groups in total. The fraction of sp³-hybridized carbons (Fsp3) is 0.0952. The third-order valence-electron chi connectivity index (χ3n) is 3.53. The van der Waals surface area contributed by atoms with Crippen LogP contribution in [0, 0.1) is 11.8 Å². The number of pyridine rings is 1. The van der Waals surface area contributed by atoms with Gasteiger partial charge >= 0.3 is 0 Å². The third-order valence-corrected chi connectivity index (χ3v) is 3.53. The summed E-state index contributed by atoms with van der Waals surface area (Å²) in [5, 5.41) is 5.42. The summed E-state index contributed by atoms with van der Waals surface area (Å²) in [5.74, 6) is 5.65. The van der Waals surface area contributed by atoms with Gasteiger partial charge in [-0.1, -0.05) is 18.1 Å². The Hall–Kier alpha value is -3.85. The molecule has 134 valence electrons. The van der Waals surface area contributed by atoms with Gasteiger partial charge in [-0.05, 0) is 48.4 Å². The maximum atomic E-state index is 12.0. The number of benzene rings is 1. The summed E-state index contributed by atoms with van der Waals surface area (Å²) in [7, 11) is 0. The number of anilines is 1. The van der Waals surface area contributed by atoms with E-state index in [4.69, 9.17) is 4.42 Å². The second-order valence-electron chi connectivity index (χ2n) is 5.58. The summed E-state index contributed by atoms with van der Waals surface area (Å²) < 4.78 is 4.99. The van der Waals surface area contributed by atoms with Crippen LogP contribution in [0.3, 0.4) is 0 Å². The van der Waals surface area contributed by atoms with E-state index in [-0.39, 0.29) is 30.5 Å². The predicted molar refractivity (Wildman–Crippen MR) is 101 cm³/mol. The van der Waals surface area contributed by atoms with Crippen LogP contribution >= 0.6 is 0 Å². The number of furan rings is 1.